The zero-order valence-corrected chi connectivity index (χ0v) is 10.1. The number of halogens is 2. The lowest BCUT2D eigenvalue weighted by molar-refractivity contribution is 0.102. The average Bonchev–Trinajstić information content (AvgIpc) is 2.29. The van der Waals surface area contributed by atoms with E-state index in [9.17, 15) is 9.18 Å². The molecule has 2 aromatic heterocycles. The zero-order valence-electron chi connectivity index (χ0n) is 8.52. The maximum absolute atomic E-state index is 13.3. The van der Waals surface area contributed by atoms with E-state index >= 15 is 0 Å². The molecular formula is C11H7BrFN3O. The second kappa shape index (κ2) is 5.01. The van der Waals surface area contributed by atoms with Gasteiger partial charge in [-0.1, -0.05) is 15.9 Å². The molecule has 0 saturated carbocycles. The van der Waals surface area contributed by atoms with Crippen LogP contribution in [0.2, 0.25) is 0 Å². The topological polar surface area (TPSA) is 54.9 Å². The number of carbonyl (C=O) groups is 1. The average molecular weight is 296 g/mol. The van der Waals surface area contributed by atoms with E-state index in [0.717, 1.165) is 10.7 Å². The molecule has 17 heavy (non-hydrogen) atoms. The molecule has 0 spiro atoms. The maximum atomic E-state index is 13.3. The first-order chi connectivity index (χ1) is 8.16. The van der Waals surface area contributed by atoms with Crippen LogP contribution in [0, 0.1) is 5.82 Å². The van der Waals surface area contributed by atoms with Gasteiger partial charge in [0.1, 0.15) is 5.82 Å². The Labute approximate surface area is 105 Å². The molecule has 1 amide bonds. The van der Waals surface area contributed by atoms with Crippen molar-refractivity contribution in [3.63, 3.8) is 0 Å². The van der Waals surface area contributed by atoms with E-state index in [1.807, 2.05) is 0 Å². The molecule has 0 bridgehead atoms. The van der Waals surface area contributed by atoms with E-state index < -0.39 is 11.7 Å². The first-order valence-corrected chi connectivity index (χ1v) is 5.48. The van der Waals surface area contributed by atoms with Crippen molar-refractivity contribution >= 4 is 27.7 Å². The highest BCUT2D eigenvalue weighted by molar-refractivity contribution is 9.10. The number of hydrogen-bond donors (Lipinski definition) is 1. The van der Waals surface area contributed by atoms with E-state index in [-0.39, 0.29) is 5.56 Å². The molecule has 0 aliphatic heterocycles. The summed E-state index contributed by atoms with van der Waals surface area (Å²) in [5.74, 6) is -0.879. The zero-order chi connectivity index (χ0) is 12.3. The number of aromatic nitrogens is 2. The van der Waals surface area contributed by atoms with Gasteiger partial charge in [0.2, 0.25) is 0 Å². The second-order valence-corrected chi connectivity index (χ2v) is 4.08. The molecular weight excluding hydrogens is 289 g/mol. The summed E-state index contributed by atoms with van der Waals surface area (Å²) in [7, 11) is 0. The van der Waals surface area contributed by atoms with Gasteiger partial charge in [0, 0.05) is 16.9 Å². The number of pyridine rings is 2. The van der Waals surface area contributed by atoms with Crippen molar-refractivity contribution in [1.29, 1.82) is 0 Å². The highest BCUT2D eigenvalue weighted by Gasteiger charge is 2.11. The minimum atomic E-state index is -0.667. The summed E-state index contributed by atoms with van der Waals surface area (Å²) >= 11 is 3.25. The first kappa shape index (κ1) is 11.7. The SMILES string of the molecule is O=C(Nc1cc(Br)ccn1)c1ccncc1F. The van der Waals surface area contributed by atoms with Crippen LogP contribution < -0.4 is 5.32 Å². The van der Waals surface area contributed by atoms with Crippen molar-refractivity contribution in [2.24, 2.45) is 0 Å². The predicted octanol–water partition coefficient (Wildman–Crippen LogP) is 2.63. The summed E-state index contributed by atoms with van der Waals surface area (Å²) in [6, 6.07) is 4.66. The summed E-state index contributed by atoms with van der Waals surface area (Å²) in [6.07, 6.45) is 3.87. The summed E-state index contributed by atoms with van der Waals surface area (Å²) in [5, 5.41) is 2.49. The molecule has 2 aromatic rings. The Balaban J connectivity index is 2.20. The van der Waals surface area contributed by atoms with Gasteiger partial charge in [-0.05, 0) is 18.2 Å². The van der Waals surface area contributed by atoms with E-state index in [1.54, 1.807) is 12.1 Å². The number of rotatable bonds is 2. The van der Waals surface area contributed by atoms with Gasteiger partial charge in [0.25, 0.3) is 5.91 Å². The van der Waals surface area contributed by atoms with Crippen molar-refractivity contribution in [1.82, 2.24) is 9.97 Å². The van der Waals surface area contributed by atoms with E-state index in [0.29, 0.717) is 5.82 Å². The first-order valence-electron chi connectivity index (χ1n) is 4.69. The second-order valence-electron chi connectivity index (χ2n) is 3.17. The molecule has 0 saturated heterocycles. The van der Waals surface area contributed by atoms with Crippen LogP contribution in [-0.4, -0.2) is 15.9 Å². The van der Waals surface area contributed by atoms with Gasteiger partial charge in [0.05, 0.1) is 11.8 Å². The van der Waals surface area contributed by atoms with Crippen LogP contribution in [0.25, 0.3) is 0 Å². The fraction of sp³-hybridized carbons (Fsp3) is 0. The minimum absolute atomic E-state index is 0.0678. The highest BCUT2D eigenvalue weighted by atomic mass is 79.9. The van der Waals surface area contributed by atoms with Crippen LogP contribution in [0.15, 0.2) is 41.3 Å². The third-order valence-corrected chi connectivity index (χ3v) is 2.47. The van der Waals surface area contributed by atoms with Crippen molar-refractivity contribution < 1.29 is 9.18 Å². The molecule has 1 N–H and O–H groups in total. The van der Waals surface area contributed by atoms with Crippen molar-refractivity contribution in [2.45, 2.75) is 0 Å². The maximum Gasteiger partial charge on any atom is 0.259 e. The predicted molar refractivity (Wildman–Crippen MR) is 64.1 cm³/mol. The van der Waals surface area contributed by atoms with Gasteiger partial charge < -0.3 is 5.32 Å². The molecule has 86 valence electrons. The highest BCUT2D eigenvalue weighted by Crippen LogP contribution is 2.14. The van der Waals surface area contributed by atoms with Crippen LogP contribution in [0.4, 0.5) is 10.2 Å². The number of amides is 1. The monoisotopic (exact) mass is 295 g/mol. The van der Waals surface area contributed by atoms with Crippen LogP contribution >= 0.6 is 15.9 Å². The fourth-order valence-electron chi connectivity index (χ4n) is 1.22. The number of nitrogens with zero attached hydrogens (tertiary/aromatic N) is 2. The smallest absolute Gasteiger partial charge is 0.259 e. The van der Waals surface area contributed by atoms with Crippen molar-refractivity contribution in [3.8, 4) is 0 Å². The Kier molecular flexibility index (Phi) is 3.43. The number of nitrogens with one attached hydrogen (secondary N) is 1. The Morgan fingerprint density at radius 3 is 2.88 bits per heavy atom. The largest absolute Gasteiger partial charge is 0.306 e. The Hall–Kier alpha value is -1.82. The van der Waals surface area contributed by atoms with Gasteiger partial charge in [0.15, 0.2) is 5.82 Å². The molecule has 0 aliphatic rings. The number of anilines is 1. The minimum Gasteiger partial charge on any atom is -0.306 e. The molecule has 4 nitrogen and oxygen atoms in total. The van der Waals surface area contributed by atoms with Crippen LogP contribution in [0.3, 0.4) is 0 Å². The Bertz CT molecular complexity index is 562. The van der Waals surface area contributed by atoms with E-state index in [4.69, 9.17) is 0 Å². The van der Waals surface area contributed by atoms with Crippen molar-refractivity contribution in [2.75, 3.05) is 5.32 Å². The molecule has 0 atom stereocenters. The normalized spacial score (nSPS) is 10.0. The van der Waals surface area contributed by atoms with Crippen LogP contribution in [-0.2, 0) is 0 Å². The third kappa shape index (κ3) is 2.85. The van der Waals surface area contributed by atoms with Gasteiger partial charge in [-0.2, -0.15) is 0 Å². The lowest BCUT2D eigenvalue weighted by atomic mass is 10.2. The van der Waals surface area contributed by atoms with Gasteiger partial charge in [-0.3, -0.25) is 9.78 Å². The molecule has 0 radical (unpaired) electrons. The third-order valence-electron chi connectivity index (χ3n) is 1.98. The fourth-order valence-corrected chi connectivity index (χ4v) is 1.55. The lowest BCUT2D eigenvalue weighted by Gasteiger charge is -2.04. The molecule has 0 unspecified atom stereocenters. The quantitative estimate of drug-likeness (QED) is 0.927. The lowest BCUT2D eigenvalue weighted by Crippen LogP contribution is -2.14. The molecule has 2 heterocycles. The molecule has 0 fully saturated rings. The standard InChI is InChI=1S/C11H7BrFN3O/c12-7-1-4-15-10(5-7)16-11(17)8-2-3-14-6-9(8)13/h1-6H,(H,15,16,17). The van der Waals surface area contributed by atoms with E-state index in [2.05, 4.69) is 31.2 Å². The molecule has 0 aromatic carbocycles. The van der Waals surface area contributed by atoms with E-state index in [1.165, 1.54) is 18.5 Å². The van der Waals surface area contributed by atoms with Crippen LogP contribution in [0.1, 0.15) is 10.4 Å². The summed E-state index contributed by atoms with van der Waals surface area (Å²) in [4.78, 5) is 19.2. The van der Waals surface area contributed by atoms with Crippen LogP contribution in [0.5, 0.6) is 0 Å². The molecule has 0 aliphatic carbocycles. The number of hydrogen-bond acceptors (Lipinski definition) is 3. The summed E-state index contributed by atoms with van der Waals surface area (Å²) < 4.78 is 14.0. The van der Waals surface area contributed by atoms with Gasteiger partial charge in [-0.25, -0.2) is 9.37 Å². The molecule has 6 heteroatoms. The Morgan fingerprint density at radius 1 is 1.35 bits per heavy atom. The number of carbonyl (C=O) groups excluding carboxylic acids is 1. The van der Waals surface area contributed by atoms with Crippen molar-refractivity contribution in [3.05, 3.63) is 52.6 Å². The molecule has 2 rings (SSSR count). The van der Waals surface area contributed by atoms with Gasteiger partial charge in [-0.15, -0.1) is 0 Å². The Morgan fingerprint density at radius 2 is 2.18 bits per heavy atom. The summed E-state index contributed by atoms with van der Waals surface area (Å²) in [6.45, 7) is 0. The summed E-state index contributed by atoms with van der Waals surface area (Å²) in [5.41, 5.74) is -0.0678. The van der Waals surface area contributed by atoms with Gasteiger partial charge >= 0.3 is 0 Å².